The molecule has 1 aromatic heterocycles. The number of piperazine rings is 1. The first-order valence-electron chi connectivity index (χ1n) is 11.4. The van der Waals surface area contributed by atoms with Crippen molar-refractivity contribution >= 4 is 34.8 Å². The number of hydrogen-bond donors (Lipinski definition) is 1. The van der Waals surface area contributed by atoms with E-state index in [4.69, 9.17) is 16.3 Å². The Bertz CT molecular complexity index is 1260. The molecule has 0 bridgehead atoms. The average molecular weight is 478 g/mol. The van der Waals surface area contributed by atoms with E-state index in [1.165, 1.54) is 11.1 Å². The van der Waals surface area contributed by atoms with Crippen molar-refractivity contribution < 1.29 is 9.53 Å². The van der Waals surface area contributed by atoms with Crippen LogP contribution in [0, 0.1) is 6.92 Å². The summed E-state index contributed by atoms with van der Waals surface area (Å²) in [5, 5.41) is 3.81. The second kappa shape index (κ2) is 8.47. The van der Waals surface area contributed by atoms with Gasteiger partial charge in [0.05, 0.1) is 24.7 Å². The first-order chi connectivity index (χ1) is 16.2. The summed E-state index contributed by atoms with van der Waals surface area (Å²) >= 11 is 6.27. The summed E-state index contributed by atoms with van der Waals surface area (Å²) in [7, 11) is 1.58. The molecule has 1 fully saturated rings. The Kier molecular flexibility index (Phi) is 5.60. The second-order valence-corrected chi connectivity index (χ2v) is 9.93. The van der Waals surface area contributed by atoms with Crippen molar-refractivity contribution in [1.82, 2.24) is 14.9 Å². The van der Waals surface area contributed by atoms with Gasteiger partial charge in [0, 0.05) is 30.3 Å². The van der Waals surface area contributed by atoms with E-state index in [1.54, 1.807) is 19.2 Å². The zero-order valence-corrected chi connectivity index (χ0v) is 20.6. The van der Waals surface area contributed by atoms with Gasteiger partial charge in [-0.15, -0.1) is 0 Å². The maximum Gasteiger partial charge on any atom is 0.242 e. The Morgan fingerprint density at radius 2 is 1.94 bits per heavy atom. The van der Waals surface area contributed by atoms with Crippen molar-refractivity contribution in [2.24, 2.45) is 0 Å². The molecule has 3 heterocycles. The van der Waals surface area contributed by atoms with E-state index in [2.05, 4.69) is 58.3 Å². The second-order valence-electron chi connectivity index (χ2n) is 9.52. The van der Waals surface area contributed by atoms with Crippen LogP contribution >= 0.6 is 11.6 Å². The number of fused-ring (bicyclic) bond motifs is 3. The molecule has 1 unspecified atom stereocenters. The lowest BCUT2D eigenvalue weighted by Gasteiger charge is -2.50. The van der Waals surface area contributed by atoms with Crippen molar-refractivity contribution in [2.45, 2.75) is 32.2 Å². The third kappa shape index (κ3) is 4.05. The summed E-state index contributed by atoms with van der Waals surface area (Å²) in [6.45, 7) is 7.96. The highest BCUT2D eigenvalue weighted by Gasteiger charge is 2.43. The number of hydrogen-bond acceptors (Lipinski definition) is 6. The number of benzene rings is 2. The van der Waals surface area contributed by atoms with Gasteiger partial charge < -0.3 is 19.9 Å². The van der Waals surface area contributed by atoms with E-state index in [1.807, 2.05) is 24.0 Å². The minimum absolute atomic E-state index is 0.00227. The summed E-state index contributed by atoms with van der Waals surface area (Å²) in [6, 6.07) is 15.8. The Labute approximate surface area is 204 Å². The van der Waals surface area contributed by atoms with E-state index in [0.717, 1.165) is 18.1 Å². The molecule has 1 N–H and O–H groups in total. The number of anilines is 3. The Morgan fingerprint density at radius 3 is 2.71 bits per heavy atom. The molecule has 8 heteroatoms. The number of aromatic nitrogens is 2. The molecule has 2 aliphatic rings. The van der Waals surface area contributed by atoms with Gasteiger partial charge in [0.15, 0.2) is 0 Å². The minimum atomic E-state index is -0.0762. The highest BCUT2D eigenvalue weighted by molar-refractivity contribution is 6.32. The van der Waals surface area contributed by atoms with Crippen molar-refractivity contribution in [1.29, 1.82) is 0 Å². The number of aryl methyl sites for hydroxylation is 1. The molecule has 1 atom stereocenters. The molecule has 0 aliphatic carbocycles. The topological polar surface area (TPSA) is 70.6 Å². The standard InChI is InChI=1S/C26H28ClN5O2/c1-16-28-23(30-17-9-10-22(34-4)20(27)11-17)12-24(29-16)31-13-21-18-7-5-6-8-19(18)26(2,3)15-32(21)25(33)14-31/h5-12,21H,13-15H2,1-4H3,(H,28,29,30). The zero-order valence-electron chi connectivity index (χ0n) is 19.8. The fourth-order valence-electron chi connectivity index (χ4n) is 5.02. The summed E-state index contributed by atoms with van der Waals surface area (Å²) in [4.78, 5) is 26.5. The van der Waals surface area contributed by atoms with Gasteiger partial charge in [0.25, 0.3) is 0 Å². The predicted octanol–water partition coefficient (Wildman–Crippen LogP) is 4.87. The smallest absolute Gasteiger partial charge is 0.242 e. The van der Waals surface area contributed by atoms with Crippen LogP contribution in [0.25, 0.3) is 0 Å². The maximum absolute atomic E-state index is 13.3. The monoisotopic (exact) mass is 477 g/mol. The zero-order chi connectivity index (χ0) is 24.0. The van der Waals surface area contributed by atoms with E-state index in [0.29, 0.717) is 35.5 Å². The predicted molar refractivity (Wildman–Crippen MR) is 134 cm³/mol. The van der Waals surface area contributed by atoms with Crippen LogP contribution in [-0.4, -0.2) is 47.5 Å². The maximum atomic E-state index is 13.3. The van der Waals surface area contributed by atoms with E-state index in [9.17, 15) is 4.79 Å². The van der Waals surface area contributed by atoms with Gasteiger partial charge in [-0.25, -0.2) is 9.97 Å². The van der Waals surface area contributed by atoms with Gasteiger partial charge in [-0.1, -0.05) is 49.7 Å². The molecule has 2 aromatic carbocycles. The Balaban J connectivity index is 1.44. The Morgan fingerprint density at radius 1 is 1.15 bits per heavy atom. The third-order valence-electron chi connectivity index (χ3n) is 6.60. The molecule has 34 heavy (non-hydrogen) atoms. The molecular weight excluding hydrogens is 450 g/mol. The van der Waals surface area contributed by atoms with Crippen LogP contribution in [-0.2, 0) is 10.2 Å². The van der Waals surface area contributed by atoms with Gasteiger partial charge in [0.2, 0.25) is 5.91 Å². The quantitative estimate of drug-likeness (QED) is 0.578. The molecule has 0 saturated carbocycles. The van der Waals surface area contributed by atoms with Gasteiger partial charge in [-0.2, -0.15) is 0 Å². The van der Waals surface area contributed by atoms with Crippen molar-refractivity contribution in [2.75, 3.05) is 37.0 Å². The van der Waals surface area contributed by atoms with Crippen LogP contribution in [0.5, 0.6) is 5.75 Å². The number of rotatable bonds is 4. The van der Waals surface area contributed by atoms with E-state index in [-0.39, 0.29) is 17.4 Å². The highest BCUT2D eigenvalue weighted by Crippen LogP contribution is 2.42. The number of nitrogens with zero attached hydrogens (tertiary/aromatic N) is 4. The molecule has 0 radical (unpaired) electrons. The third-order valence-corrected chi connectivity index (χ3v) is 6.90. The SMILES string of the molecule is COc1ccc(Nc2cc(N3CC(=O)N4CC(C)(C)c5ccccc5C4C3)nc(C)n2)cc1Cl. The number of halogens is 1. The van der Waals surface area contributed by atoms with Crippen LogP contribution in [0.4, 0.5) is 17.3 Å². The molecular formula is C26H28ClN5O2. The minimum Gasteiger partial charge on any atom is -0.495 e. The highest BCUT2D eigenvalue weighted by atomic mass is 35.5. The summed E-state index contributed by atoms with van der Waals surface area (Å²) < 4.78 is 5.23. The van der Waals surface area contributed by atoms with E-state index < -0.39 is 0 Å². The number of methoxy groups -OCH3 is 1. The number of ether oxygens (including phenoxy) is 1. The molecule has 2 aliphatic heterocycles. The van der Waals surface area contributed by atoms with Gasteiger partial charge in [-0.3, -0.25) is 4.79 Å². The lowest BCUT2D eigenvalue weighted by molar-refractivity contribution is -0.135. The molecule has 0 spiro atoms. The molecule has 176 valence electrons. The van der Waals surface area contributed by atoms with Gasteiger partial charge >= 0.3 is 0 Å². The normalized spacial score (nSPS) is 18.9. The summed E-state index contributed by atoms with van der Waals surface area (Å²) in [6.07, 6.45) is 0. The van der Waals surface area contributed by atoms with Crippen LogP contribution < -0.4 is 15.0 Å². The fourth-order valence-corrected chi connectivity index (χ4v) is 5.28. The fraction of sp³-hybridized carbons (Fsp3) is 0.346. The van der Waals surface area contributed by atoms with Crippen molar-refractivity contribution in [3.63, 3.8) is 0 Å². The Hall–Kier alpha value is -3.32. The lowest BCUT2D eigenvalue weighted by atomic mass is 9.75. The van der Waals surface area contributed by atoms with Gasteiger partial charge in [-0.05, 0) is 36.2 Å². The number of carbonyl (C=O) groups excluding carboxylic acids is 1. The summed E-state index contributed by atoms with van der Waals surface area (Å²) in [5.41, 5.74) is 3.24. The molecule has 5 rings (SSSR count). The number of amides is 1. The first kappa shape index (κ1) is 22.5. The first-order valence-corrected chi connectivity index (χ1v) is 11.7. The van der Waals surface area contributed by atoms with Crippen LogP contribution in [0.1, 0.15) is 36.8 Å². The lowest BCUT2D eigenvalue weighted by Crippen LogP contribution is -2.58. The van der Waals surface area contributed by atoms with Crippen molar-refractivity contribution in [3.8, 4) is 5.75 Å². The van der Waals surface area contributed by atoms with Crippen LogP contribution in [0.3, 0.4) is 0 Å². The largest absolute Gasteiger partial charge is 0.495 e. The molecule has 7 nitrogen and oxygen atoms in total. The number of carbonyl (C=O) groups is 1. The number of nitrogens with one attached hydrogen (secondary N) is 1. The molecule has 1 amide bonds. The van der Waals surface area contributed by atoms with Gasteiger partial charge in [0.1, 0.15) is 23.2 Å². The average Bonchev–Trinajstić information content (AvgIpc) is 2.79. The molecule has 1 saturated heterocycles. The van der Waals surface area contributed by atoms with Crippen LogP contribution in [0.15, 0.2) is 48.5 Å². The summed E-state index contributed by atoms with van der Waals surface area (Å²) in [5.74, 6) is 2.72. The van der Waals surface area contributed by atoms with E-state index >= 15 is 0 Å². The van der Waals surface area contributed by atoms with Crippen molar-refractivity contribution in [3.05, 3.63) is 70.5 Å². The van der Waals surface area contributed by atoms with Crippen LogP contribution in [0.2, 0.25) is 5.02 Å². The molecule has 3 aromatic rings.